The molecule has 0 saturated heterocycles. The SMILES string of the molecule is CCOc1ccccc1C(=O)OCC(=O)NC(=O)NC. The highest BCUT2D eigenvalue weighted by molar-refractivity contribution is 5.97. The van der Waals surface area contributed by atoms with E-state index in [0.717, 1.165) is 0 Å². The molecule has 0 unspecified atom stereocenters. The lowest BCUT2D eigenvalue weighted by atomic mass is 10.2. The molecule has 0 saturated carbocycles. The summed E-state index contributed by atoms with van der Waals surface area (Å²) >= 11 is 0. The Morgan fingerprint density at radius 2 is 1.90 bits per heavy atom. The molecule has 2 N–H and O–H groups in total. The van der Waals surface area contributed by atoms with Crippen molar-refractivity contribution in [2.75, 3.05) is 20.3 Å². The van der Waals surface area contributed by atoms with Gasteiger partial charge in [0.1, 0.15) is 11.3 Å². The van der Waals surface area contributed by atoms with Gasteiger partial charge >= 0.3 is 12.0 Å². The Morgan fingerprint density at radius 1 is 1.20 bits per heavy atom. The Labute approximate surface area is 116 Å². The van der Waals surface area contributed by atoms with Gasteiger partial charge in [-0.3, -0.25) is 10.1 Å². The molecule has 20 heavy (non-hydrogen) atoms. The number of urea groups is 1. The first-order valence-electron chi connectivity index (χ1n) is 5.99. The predicted octanol–water partition coefficient (Wildman–Crippen LogP) is 0.698. The summed E-state index contributed by atoms with van der Waals surface area (Å²) in [6, 6.07) is 5.87. The highest BCUT2D eigenvalue weighted by Crippen LogP contribution is 2.18. The first kappa shape index (κ1) is 15.5. The maximum atomic E-state index is 11.8. The Bertz CT molecular complexity index is 501. The number of esters is 1. The number of imide groups is 1. The van der Waals surface area contributed by atoms with Gasteiger partial charge in [-0.25, -0.2) is 9.59 Å². The summed E-state index contributed by atoms with van der Waals surface area (Å²) in [5.41, 5.74) is 0.224. The highest BCUT2D eigenvalue weighted by Gasteiger charge is 2.15. The van der Waals surface area contributed by atoms with E-state index in [2.05, 4.69) is 5.32 Å². The molecule has 0 aromatic heterocycles. The van der Waals surface area contributed by atoms with Crippen LogP contribution in [0, 0.1) is 0 Å². The number of carbonyl (C=O) groups is 3. The quantitative estimate of drug-likeness (QED) is 0.774. The summed E-state index contributed by atoms with van der Waals surface area (Å²) in [6.45, 7) is 1.65. The standard InChI is InChI=1S/C13H16N2O5/c1-3-19-10-7-5-4-6-9(10)12(17)20-8-11(16)15-13(18)14-2/h4-7H,3,8H2,1-2H3,(H2,14,15,16,18). The van der Waals surface area contributed by atoms with Crippen LogP contribution in [-0.2, 0) is 9.53 Å². The number of benzene rings is 1. The van der Waals surface area contributed by atoms with E-state index >= 15 is 0 Å². The van der Waals surface area contributed by atoms with Crippen LogP contribution in [0.3, 0.4) is 0 Å². The fourth-order valence-corrected chi connectivity index (χ4v) is 1.35. The Kier molecular flexibility index (Phi) is 6.02. The number of carbonyl (C=O) groups excluding carboxylic acids is 3. The van der Waals surface area contributed by atoms with Crippen molar-refractivity contribution in [3.8, 4) is 5.75 Å². The maximum absolute atomic E-state index is 11.8. The molecule has 3 amide bonds. The molecule has 0 spiro atoms. The minimum Gasteiger partial charge on any atom is -0.493 e. The van der Waals surface area contributed by atoms with E-state index in [9.17, 15) is 14.4 Å². The molecule has 7 nitrogen and oxygen atoms in total. The van der Waals surface area contributed by atoms with Crippen molar-refractivity contribution in [3.63, 3.8) is 0 Å². The zero-order valence-electron chi connectivity index (χ0n) is 11.3. The van der Waals surface area contributed by atoms with Gasteiger partial charge in [0.2, 0.25) is 0 Å². The summed E-state index contributed by atoms with van der Waals surface area (Å²) in [5, 5.41) is 4.19. The lowest BCUT2D eigenvalue weighted by Crippen LogP contribution is -2.39. The number of ether oxygens (including phenoxy) is 2. The Hall–Kier alpha value is -2.57. The first-order valence-corrected chi connectivity index (χ1v) is 5.99. The number of rotatable bonds is 5. The molecule has 0 radical (unpaired) electrons. The first-order chi connectivity index (χ1) is 9.58. The minimum absolute atomic E-state index is 0.224. The van der Waals surface area contributed by atoms with Crippen molar-refractivity contribution in [2.24, 2.45) is 0 Å². The average Bonchev–Trinajstić information content (AvgIpc) is 2.45. The van der Waals surface area contributed by atoms with Crippen molar-refractivity contribution < 1.29 is 23.9 Å². The van der Waals surface area contributed by atoms with Crippen LogP contribution in [0.15, 0.2) is 24.3 Å². The van der Waals surface area contributed by atoms with Crippen LogP contribution in [-0.4, -0.2) is 38.2 Å². The van der Waals surface area contributed by atoms with E-state index in [-0.39, 0.29) is 5.56 Å². The van der Waals surface area contributed by atoms with E-state index < -0.39 is 24.5 Å². The van der Waals surface area contributed by atoms with Crippen molar-refractivity contribution in [3.05, 3.63) is 29.8 Å². The average molecular weight is 280 g/mol. The van der Waals surface area contributed by atoms with Crippen LogP contribution in [0.25, 0.3) is 0 Å². The molecule has 1 rings (SSSR count). The minimum atomic E-state index is -0.716. The number of amides is 3. The second-order valence-corrected chi connectivity index (χ2v) is 3.63. The zero-order chi connectivity index (χ0) is 15.0. The zero-order valence-corrected chi connectivity index (χ0v) is 11.3. The normalized spacial score (nSPS) is 9.50. The molecule has 0 aliphatic rings. The fourth-order valence-electron chi connectivity index (χ4n) is 1.35. The number of hydrogen-bond acceptors (Lipinski definition) is 5. The molecule has 0 aliphatic carbocycles. The van der Waals surface area contributed by atoms with Crippen molar-refractivity contribution in [1.29, 1.82) is 0 Å². The number of nitrogens with one attached hydrogen (secondary N) is 2. The third kappa shape index (κ3) is 4.60. The fraction of sp³-hybridized carbons (Fsp3) is 0.308. The van der Waals surface area contributed by atoms with E-state index in [0.29, 0.717) is 12.4 Å². The van der Waals surface area contributed by atoms with E-state index in [1.165, 1.54) is 13.1 Å². The molecule has 0 atom stereocenters. The monoisotopic (exact) mass is 280 g/mol. The van der Waals surface area contributed by atoms with Gasteiger partial charge in [0.05, 0.1) is 6.61 Å². The third-order valence-corrected chi connectivity index (χ3v) is 2.22. The van der Waals surface area contributed by atoms with Gasteiger partial charge in [-0.05, 0) is 19.1 Å². The van der Waals surface area contributed by atoms with Gasteiger partial charge in [0.15, 0.2) is 6.61 Å². The van der Waals surface area contributed by atoms with Crippen LogP contribution in [0.1, 0.15) is 17.3 Å². The molecule has 0 bridgehead atoms. The Balaban J connectivity index is 2.59. The lowest BCUT2D eigenvalue weighted by molar-refractivity contribution is -0.123. The molecule has 0 aliphatic heterocycles. The van der Waals surface area contributed by atoms with E-state index in [1.54, 1.807) is 25.1 Å². The lowest BCUT2D eigenvalue weighted by Gasteiger charge is -2.09. The molecular formula is C13H16N2O5. The van der Waals surface area contributed by atoms with Crippen LogP contribution in [0.2, 0.25) is 0 Å². The maximum Gasteiger partial charge on any atom is 0.342 e. The largest absolute Gasteiger partial charge is 0.493 e. The van der Waals surface area contributed by atoms with Crippen molar-refractivity contribution in [2.45, 2.75) is 6.92 Å². The molecule has 1 aromatic rings. The molecular weight excluding hydrogens is 264 g/mol. The molecule has 0 heterocycles. The summed E-state index contributed by atoms with van der Waals surface area (Å²) in [4.78, 5) is 34.0. The van der Waals surface area contributed by atoms with Crippen LogP contribution in [0.4, 0.5) is 4.79 Å². The summed E-state index contributed by atoms with van der Waals surface area (Å²) in [6.07, 6.45) is 0. The van der Waals surface area contributed by atoms with Gasteiger partial charge < -0.3 is 14.8 Å². The second-order valence-electron chi connectivity index (χ2n) is 3.63. The molecule has 0 fully saturated rings. The molecule has 108 valence electrons. The van der Waals surface area contributed by atoms with Gasteiger partial charge in [-0.1, -0.05) is 12.1 Å². The number of para-hydroxylation sites is 1. The second kappa shape index (κ2) is 7.78. The van der Waals surface area contributed by atoms with Gasteiger partial charge in [0.25, 0.3) is 5.91 Å². The Morgan fingerprint density at radius 3 is 2.55 bits per heavy atom. The summed E-state index contributed by atoms with van der Waals surface area (Å²) in [7, 11) is 1.37. The van der Waals surface area contributed by atoms with Gasteiger partial charge in [-0.15, -0.1) is 0 Å². The summed E-state index contributed by atoms with van der Waals surface area (Å²) in [5.74, 6) is -1.03. The smallest absolute Gasteiger partial charge is 0.342 e. The van der Waals surface area contributed by atoms with E-state index in [1.807, 2.05) is 5.32 Å². The third-order valence-electron chi connectivity index (χ3n) is 2.22. The van der Waals surface area contributed by atoms with Crippen LogP contribution in [0.5, 0.6) is 5.75 Å². The molecule has 1 aromatic carbocycles. The van der Waals surface area contributed by atoms with Crippen molar-refractivity contribution >= 4 is 17.9 Å². The van der Waals surface area contributed by atoms with Crippen LogP contribution >= 0.6 is 0 Å². The summed E-state index contributed by atoms with van der Waals surface area (Å²) < 4.78 is 10.1. The van der Waals surface area contributed by atoms with Gasteiger partial charge in [0, 0.05) is 7.05 Å². The van der Waals surface area contributed by atoms with E-state index in [4.69, 9.17) is 9.47 Å². The van der Waals surface area contributed by atoms with Crippen LogP contribution < -0.4 is 15.4 Å². The highest BCUT2D eigenvalue weighted by atomic mass is 16.5. The molecule has 7 heteroatoms. The van der Waals surface area contributed by atoms with Gasteiger partial charge in [-0.2, -0.15) is 0 Å². The van der Waals surface area contributed by atoms with Crippen molar-refractivity contribution in [1.82, 2.24) is 10.6 Å². The topological polar surface area (TPSA) is 93.7 Å². The predicted molar refractivity (Wildman–Crippen MR) is 70.5 cm³/mol. The number of hydrogen-bond donors (Lipinski definition) is 2.